The molecule has 0 aliphatic rings. The molecule has 0 saturated carbocycles. The van der Waals surface area contributed by atoms with E-state index in [2.05, 4.69) is 53.3 Å². The highest BCUT2D eigenvalue weighted by Gasteiger charge is 2.32. The Labute approximate surface area is 155 Å². The van der Waals surface area contributed by atoms with Crippen LogP contribution in [0.4, 0.5) is 0 Å². The summed E-state index contributed by atoms with van der Waals surface area (Å²) >= 11 is 0. The number of carbonyl (C=O) groups excluding carboxylic acids is 1. The van der Waals surface area contributed by atoms with Crippen molar-refractivity contribution >= 4 is 5.97 Å². The van der Waals surface area contributed by atoms with Gasteiger partial charge >= 0.3 is 5.97 Å². The van der Waals surface area contributed by atoms with Crippen LogP contribution in [0.5, 0.6) is 0 Å². The maximum Gasteiger partial charge on any atom is 0.313 e. The average molecular weight is 342 g/mol. The van der Waals surface area contributed by atoms with Crippen molar-refractivity contribution in [3.8, 4) is 59.7 Å². The molecule has 3 nitrogen and oxygen atoms in total. The van der Waals surface area contributed by atoms with Crippen molar-refractivity contribution in [3.05, 3.63) is 35.9 Å². The Morgan fingerprint density at radius 1 is 1.15 bits per heavy atom. The van der Waals surface area contributed by atoms with E-state index in [1.807, 2.05) is 30.3 Å². The van der Waals surface area contributed by atoms with Gasteiger partial charge in [0.2, 0.25) is 0 Å². The van der Waals surface area contributed by atoms with E-state index in [9.17, 15) is 9.90 Å². The molecule has 2 atom stereocenters. The van der Waals surface area contributed by atoms with Crippen LogP contribution in [-0.2, 0) is 9.53 Å². The third-order valence-electron chi connectivity index (χ3n) is 3.29. The second-order valence-corrected chi connectivity index (χ2v) is 5.46. The van der Waals surface area contributed by atoms with Gasteiger partial charge in [0.1, 0.15) is 0 Å². The second kappa shape index (κ2) is 11.1. The molecule has 0 spiro atoms. The van der Waals surface area contributed by atoms with E-state index in [0.717, 1.165) is 5.56 Å². The first-order valence-electron chi connectivity index (χ1n) is 7.77. The summed E-state index contributed by atoms with van der Waals surface area (Å²) in [6.07, 6.45) is 4.26. The molecule has 0 aromatic heterocycles. The van der Waals surface area contributed by atoms with Crippen molar-refractivity contribution in [3.63, 3.8) is 0 Å². The van der Waals surface area contributed by atoms with Gasteiger partial charge in [-0.25, -0.2) is 0 Å². The van der Waals surface area contributed by atoms with Crippen molar-refractivity contribution in [2.24, 2.45) is 5.41 Å². The van der Waals surface area contributed by atoms with Crippen LogP contribution in [0.1, 0.15) is 25.3 Å². The minimum Gasteiger partial charge on any atom is -0.469 e. The van der Waals surface area contributed by atoms with Crippen LogP contribution in [0, 0.1) is 65.1 Å². The van der Waals surface area contributed by atoms with Crippen LogP contribution >= 0.6 is 0 Å². The van der Waals surface area contributed by atoms with Gasteiger partial charge in [-0.1, -0.05) is 47.8 Å². The lowest BCUT2D eigenvalue weighted by Crippen LogP contribution is -2.28. The highest BCUT2D eigenvalue weighted by atomic mass is 16.5. The molecule has 0 fully saturated rings. The van der Waals surface area contributed by atoms with Gasteiger partial charge in [-0.2, -0.15) is 0 Å². The molecule has 0 aliphatic carbocycles. The smallest absolute Gasteiger partial charge is 0.313 e. The first-order chi connectivity index (χ1) is 12.5. The lowest BCUT2D eigenvalue weighted by molar-refractivity contribution is -0.151. The average Bonchev–Trinajstić information content (AvgIpc) is 2.67. The Kier molecular flexibility index (Phi) is 8.74. The molecule has 0 saturated heterocycles. The molecule has 3 heteroatoms. The molecule has 1 aromatic carbocycles. The standard InChI is InChI=1S/C23H18O3/c1-4-21(24)17-13-19-23(2,22(25)26-3)18-12-7-5-6-9-14-20-15-10-8-11-16-20/h1,8,10-11,15-16,21,24H,18-19H2,2-3H3. The monoisotopic (exact) mass is 342 g/mol. The van der Waals surface area contributed by atoms with E-state index < -0.39 is 17.5 Å². The van der Waals surface area contributed by atoms with Crippen molar-refractivity contribution in [2.45, 2.75) is 25.9 Å². The van der Waals surface area contributed by atoms with Crippen LogP contribution in [0.2, 0.25) is 0 Å². The summed E-state index contributed by atoms with van der Waals surface area (Å²) in [5.41, 5.74) is -0.0544. The number of ether oxygens (including phenoxy) is 1. The Hall–Kier alpha value is -3.55. The Morgan fingerprint density at radius 3 is 2.46 bits per heavy atom. The van der Waals surface area contributed by atoms with Gasteiger partial charge in [0.05, 0.1) is 12.5 Å². The van der Waals surface area contributed by atoms with Crippen LogP contribution in [0.3, 0.4) is 0 Å². The SMILES string of the molecule is C#CC(O)C#CCC(C)(CC#CC#CC#Cc1ccccc1)C(=O)OC. The maximum absolute atomic E-state index is 12.0. The minimum atomic E-state index is -1.16. The van der Waals surface area contributed by atoms with E-state index in [4.69, 9.17) is 11.2 Å². The number of hydrogen-bond donors (Lipinski definition) is 1. The van der Waals surface area contributed by atoms with E-state index in [1.165, 1.54) is 7.11 Å². The summed E-state index contributed by atoms with van der Waals surface area (Å²) < 4.78 is 4.81. The molecular weight excluding hydrogens is 324 g/mol. The predicted molar refractivity (Wildman–Crippen MR) is 101 cm³/mol. The molecule has 2 unspecified atom stereocenters. The third kappa shape index (κ3) is 7.35. The molecule has 128 valence electrons. The first-order valence-corrected chi connectivity index (χ1v) is 7.77. The molecule has 1 N–H and O–H groups in total. The summed E-state index contributed by atoms with van der Waals surface area (Å²) in [4.78, 5) is 12.0. The van der Waals surface area contributed by atoms with Gasteiger partial charge in [0.15, 0.2) is 6.10 Å². The Balaban J connectivity index is 2.74. The van der Waals surface area contributed by atoms with Crippen LogP contribution in [0.25, 0.3) is 0 Å². The summed E-state index contributed by atoms with van der Waals surface area (Å²) in [6.45, 7) is 1.69. The van der Waals surface area contributed by atoms with Crippen molar-refractivity contribution in [1.82, 2.24) is 0 Å². The fourth-order valence-electron chi connectivity index (χ4n) is 1.81. The molecule has 0 aliphatic heterocycles. The van der Waals surface area contributed by atoms with E-state index in [1.54, 1.807) is 6.92 Å². The van der Waals surface area contributed by atoms with E-state index >= 15 is 0 Å². The molecule has 0 bridgehead atoms. The Morgan fingerprint density at radius 2 is 1.81 bits per heavy atom. The number of aliphatic hydroxyl groups is 1. The molecule has 1 rings (SSSR count). The number of terminal acetylenes is 1. The van der Waals surface area contributed by atoms with Gasteiger partial charge in [0, 0.05) is 18.4 Å². The lowest BCUT2D eigenvalue weighted by atomic mass is 9.83. The van der Waals surface area contributed by atoms with Crippen LogP contribution in [0.15, 0.2) is 30.3 Å². The zero-order chi connectivity index (χ0) is 19.3. The molecule has 0 radical (unpaired) electrons. The third-order valence-corrected chi connectivity index (χ3v) is 3.29. The number of hydrogen-bond acceptors (Lipinski definition) is 3. The zero-order valence-electron chi connectivity index (χ0n) is 14.7. The molecule has 0 amide bonds. The van der Waals surface area contributed by atoms with Gasteiger partial charge in [-0.05, 0) is 42.7 Å². The predicted octanol–water partition coefficient (Wildman–Crippen LogP) is 2.00. The summed E-state index contributed by atoms with van der Waals surface area (Å²) in [5.74, 6) is 23.2. The summed E-state index contributed by atoms with van der Waals surface area (Å²) in [6, 6.07) is 9.49. The van der Waals surface area contributed by atoms with Crippen molar-refractivity contribution < 1.29 is 14.6 Å². The molecule has 0 heterocycles. The van der Waals surface area contributed by atoms with Crippen molar-refractivity contribution in [2.75, 3.05) is 7.11 Å². The van der Waals surface area contributed by atoms with Crippen molar-refractivity contribution in [1.29, 1.82) is 0 Å². The Bertz CT molecular complexity index is 906. The topological polar surface area (TPSA) is 46.5 Å². The maximum atomic E-state index is 12.0. The fourth-order valence-corrected chi connectivity index (χ4v) is 1.81. The van der Waals surface area contributed by atoms with Gasteiger partial charge < -0.3 is 9.84 Å². The highest BCUT2D eigenvalue weighted by Crippen LogP contribution is 2.26. The largest absolute Gasteiger partial charge is 0.469 e. The quantitative estimate of drug-likeness (QED) is 0.675. The van der Waals surface area contributed by atoms with E-state index in [-0.39, 0.29) is 12.8 Å². The number of carbonyl (C=O) groups is 1. The summed E-state index contributed by atoms with van der Waals surface area (Å²) in [7, 11) is 1.30. The van der Waals surface area contributed by atoms with E-state index in [0.29, 0.717) is 0 Å². The van der Waals surface area contributed by atoms with Gasteiger partial charge in [0.25, 0.3) is 0 Å². The normalized spacial score (nSPS) is 11.8. The number of methoxy groups -OCH3 is 1. The number of rotatable bonds is 3. The molecule has 26 heavy (non-hydrogen) atoms. The van der Waals surface area contributed by atoms with Crippen LogP contribution in [-0.4, -0.2) is 24.3 Å². The number of esters is 1. The lowest BCUT2D eigenvalue weighted by Gasteiger charge is -2.21. The summed E-state index contributed by atoms with van der Waals surface area (Å²) in [5, 5.41) is 9.24. The molecule has 1 aromatic rings. The highest BCUT2D eigenvalue weighted by molar-refractivity contribution is 5.77. The first kappa shape index (κ1) is 20.5. The second-order valence-electron chi connectivity index (χ2n) is 5.46. The number of aliphatic hydroxyl groups excluding tert-OH is 1. The van der Waals surface area contributed by atoms with Gasteiger partial charge in [-0.3, -0.25) is 4.79 Å². The fraction of sp³-hybridized carbons (Fsp3) is 0.261. The van der Waals surface area contributed by atoms with Crippen LogP contribution < -0.4 is 0 Å². The number of benzene rings is 1. The zero-order valence-corrected chi connectivity index (χ0v) is 14.7. The van der Waals surface area contributed by atoms with Gasteiger partial charge in [-0.15, -0.1) is 6.42 Å². The minimum absolute atomic E-state index is 0.161. The molecular formula is C23H18O3.